The molecule has 5 heteroatoms. The first-order chi connectivity index (χ1) is 10.1. The number of hydrogen-bond donors (Lipinski definition) is 1. The smallest absolute Gasteiger partial charge is 0.177 e. The van der Waals surface area contributed by atoms with Gasteiger partial charge in [-0.1, -0.05) is 35.5 Å². The van der Waals surface area contributed by atoms with E-state index in [0.29, 0.717) is 17.1 Å². The summed E-state index contributed by atoms with van der Waals surface area (Å²) in [5.74, 6) is 0.613. The van der Waals surface area contributed by atoms with Gasteiger partial charge in [-0.3, -0.25) is 0 Å². The fourth-order valence-corrected chi connectivity index (χ4v) is 2.81. The zero-order valence-corrected chi connectivity index (χ0v) is 13.4. The summed E-state index contributed by atoms with van der Waals surface area (Å²) in [5.41, 5.74) is 9.49. The third-order valence-corrected chi connectivity index (χ3v) is 4.72. The largest absolute Gasteiger partial charge is 0.380 e. The van der Waals surface area contributed by atoms with Gasteiger partial charge in [0.2, 0.25) is 0 Å². The van der Waals surface area contributed by atoms with Crippen LogP contribution >= 0.6 is 22.6 Å². The number of nitrogen functional groups attached to an aromatic ring is 1. The second-order valence-corrected chi connectivity index (χ2v) is 5.79. The molecule has 0 atom stereocenters. The third-order valence-electron chi connectivity index (χ3n) is 3.29. The number of nitrogens with zero attached hydrogens (tertiary/aromatic N) is 1. The lowest BCUT2D eigenvalue weighted by atomic mass is 10.0. The van der Waals surface area contributed by atoms with Gasteiger partial charge in [-0.05, 0) is 52.8 Å². The van der Waals surface area contributed by atoms with E-state index >= 15 is 0 Å². The molecule has 0 saturated heterocycles. The molecule has 3 nitrogen and oxygen atoms in total. The van der Waals surface area contributed by atoms with E-state index < -0.39 is 0 Å². The molecule has 3 rings (SSSR count). The highest BCUT2D eigenvalue weighted by Crippen LogP contribution is 2.38. The zero-order valence-electron chi connectivity index (χ0n) is 11.2. The second-order valence-electron chi connectivity index (χ2n) is 4.72. The number of halogens is 2. The number of rotatable bonds is 2. The molecule has 0 saturated carbocycles. The van der Waals surface area contributed by atoms with Crippen molar-refractivity contribution >= 4 is 28.4 Å². The summed E-state index contributed by atoms with van der Waals surface area (Å²) in [4.78, 5) is 0. The van der Waals surface area contributed by atoms with Crippen LogP contribution in [0.15, 0.2) is 47.0 Å². The Bertz CT molecular complexity index is 797. The van der Waals surface area contributed by atoms with Crippen LogP contribution in [0, 0.1) is 16.3 Å². The molecule has 0 aliphatic rings. The van der Waals surface area contributed by atoms with E-state index in [1.54, 1.807) is 12.1 Å². The van der Waals surface area contributed by atoms with Gasteiger partial charge >= 0.3 is 0 Å². The summed E-state index contributed by atoms with van der Waals surface area (Å²) in [6, 6.07) is 12.1. The Morgan fingerprint density at radius 2 is 1.86 bits per heavy atom. The highest BCUT2D eigenvalue weighted by molar-refractivity contribution is 14.1. The van der Waals surface area contributed by atoms with Gasteiger partial charge in [0, 0.05) is 9.13 Å². The molecule has 0 aliphatic carbocycles. The van der Waals surface area contributed by atoms with E-state index in [0.717, 1.165) is 20.3 Å². The number of hydrogen-bond acceptors (Lipinski definition) is 3. The molecule has 0 bridgehead atoms. The Morgan fingerprint density at radius 3 is 2.57 bits per heavy atom. The summed E-state index contributed by atoms with van der Waals surface area (Å²) in [5, 5.41) is 3.87. The summed E-state index contributed by atoms with van der Waals surface area (Å²) >= 11 is 2.27. The quantitative estimate of drug-likeness (QED) is 0.645. The van der Waals surface area contributed by atoms with Crippen LogP contribution in [0.2, 0.25) is 0 Å². The first-order valence-corrected chi connectivity index (χ1v) is 7.42. The molecule has 1 aromatic heterocycles. The lowest BCUT2D eigenvalue weighted by Crippen LogP contribution is -1.91. The van der Waals surface area contributed by atoms with Gasteiger partial charge in [0.25, 0.3) is 0 Å². The minimum absolute atomic E-state index is 0.291. The summed E-state index contributed by atoms with van der Waals surface area (Å²) in [7, 11) is 0. The molecule has 0 spiro atoms. The molecule has 21 heavy (non-hydrogen) atoms. The first kappa shape index (κ1) is 14.1. The van der Waals surface area contributed by atoms with Gasteiger partial charge in [0.15, 0.2) is 11.6 Å². The van der Waals surface area contributed by atoms with E-state index in [-0.39, 0.29) is 5.82 Å². The minimum Gasteiger partial charge on any atom is -0.380 e. The van der Waals surface area contributed by atoms with Gasteiger partial charge in [0.05, 0.1) is 5.56 Å². The maximum absolute atomic E-state index is 13.1. The Morgan fingerprint density at radius 1 is 1.14 bits per heavy atom. The molecule has 2 N–H and O–H groups in total. The highest BCUT2D eigenvalue weighted by atomic mass is 127. The van der Waals surface area contributed by atoms with Crippen molar-refractivity contribution in [2.75, 3.05) is 5.73 Å². The molecule has 3 aromatic rings. The maximum atomic E-state index is 13.1. The molecule has 1 heterocycles. The Kier molecular flexibility index (Phi) is 3.67. The van der Waals surface area contributed by atoms with Crippen LogP contribution in [0.4, 0.5) is 10.2 Å². The van der Waals surface area contributed by atoms with Crippen molar-refractivity contribution < 1.29 is 8.91 Å². The van der Waals surface area contributed by atoms with E-state index in [1.165, 1.54) is 12.1 Å². The molecule has 2 aromatic carbocycles. The molecular weight excluding hydrogens is 382 g/mol. The fraction of sp³-hybridized carbons (Fsp3) is 0.0625. The number of anilines is 1. The second kappa shape index (κ2) is 5.48. The molecule has 0 unspecified atom stereocenters. The molecule has 0 fully saturated rings. The summed E-state index contributed by atoms with van der Waals surface area (Å²) < 4.78 is 19.6. The Balaban J connectivity index is 2.22. The normalized spacial score (nSPS) is 10.8. The van der Waals surface area contributed by atoms with Crippen molar-refractivity contribution in [2.45, 2.75) is 6.92 Å². The lowest BCUT2D eigenvalue weighted by Gasteiger charge is -2.07. The highest BCUT2D eigenvalue weighted by Gasteiger charge is 2.20. The SMILES string of the molecule is Cc1cccc(-c2onc(N)c2-c2ccc(F)cc2)c1I. The van der Waals surface area contributed by atoms with Crippen LogP contribution in [0.3, 0.4) is 0 Å². The molecule has 0 aliphatic heterocycles. The van der Waals surface area contributed by atoms with Crippen molar-refractivity contribution in [3.8, 4) is 22.5 Å². The van der Waals surface area contributed by atoms with E-state index in [2.05, 4.69) is 27.7 Å². The predicted octanol–water partition coefficient (Wildman–Crippen LogP) is 4.64. The van der Waals surface area contributed by atoms with Crippen LogP contribution in [0.5, 0.6) is 0 Å². The van der Waals surface area contributed by atoms with E-state index in [1.807, 2.05) is 25.1 Å². The van der Waals surface area contributed by atoms with Crippen molar-refractivity contribution in [1.82, 2.24) is 5.16 Å². The number of aromatic nitrogens is 1. The van der Waals surface area contributed by atoms with Crippen LogP contribution in [0.1, 0.15) is 5.56 Å². The Labute approximate surface area is 135 Å². The molecule has 0 amide bonds. The van der Waals surface area contributed by atoms with Crippen molar-refractivity contribution in [1.29, 1.82) is 0 Å². The number of benzene rings is 2. The molecule has 106 valence electrons. The third kappa shape index (κ3) is 2.53. The van der Waals surface area contributed by atoms with E-state index in [9.17, 15) is 4.39 Å². The first-order valence-electron chi connectivity index (χ1n) is 6.34. The zero-order chi connectivity index (χ0) is 15.0. The standard InChI is InChI=1S/C16H12FIN2O/c1-9-3-2-4-12(14(9)18)15-13(16(19)20-21-15)10-5-7-11(17)8-6-10/h2-8H,1H3,(H2,19,20). The van der Waals surface area contributed by atoms with Gasteiger partial charge < -0.3 is 10.3 Å². The van der Waals surface area contributed by atoms with Gasteiger partial charge in [-0.15, -0.1) is 0 Å². The fourth-order valence-electron chi connectivity index (χ4n) is 2.20. The monoisotopic (exact) mass is 394 g/mol. The average Bonchev–Trinajstić information content (AvgIpc) is 2.85. The lowest BCUT2D eigenvalue weighted by molar-refractivity contribution is 0.436. The van der Waals surface area contributed by atoms with Crippen LogP contribution in [0.25, 0.3) is 22.5 Å². The summed E-state index contributed by atoms with van der Waals surface area (Å²) in [6.07, 6.45) is 0. The van der Waals surface area contributed by atoms with Crippen LogP contribution < -0.4 is 5.73 Å². The van der Waals surface area contributed by atoms with Gasteiger partial charge in [-0.2, -0.15) is 0 Å². The molecular formula is C16H12FIN2O. The van der Waals surface area contributed by atoms with Crippen molar-refractivity contribution in [2.24, 2.45) is 0 Å². The van der Waals surface area contributed by atoms with Crippen LogP contribution in [-0.2, 0) is 0 Å². The minimum atomic E-state index is -0.291. The van der Waals surface area contributed by atoms with Crippen molar-refractivity contribution in [3.05, 3.63) is 57.4 Å². The predicted molar refractivity (Wildman–Crippen MR) is 89.2 cm³/mol. The average molecular weight is 394 g/mol. The topological polar surface area (TPSA) is 52.0 Å². The summed E-state index contributed by atoms with van der Waals surface area (Å²) in [6.45, 7) is 2.03. The van der Waals surface area contributed by atoms with Gasteiger partial charge in [-0.25, -0.2) is 4.39 Å². The number of nitrogens with two attached hydrogens (primary N) is 1. The van der Waals surface area contributed by atoms with E-state index in [4.69, 9.17) is 10.3 Å². The van der Waals surface area contributed by atoms with Crippen LogP contribution in [-0.4, -0.2) is 5.16 Å². The van der Waals surface area contributed by atoms with Gasteiger partial charge in [0.1, 0.15) is 5.82 Å². The maximum Gasteiger partial charge on any atom is 0.177 e. The Hall–Kier alpha value is -1.89. The number of aryl methyl sites for hydroxylation is 1. The van der Waals surface area contributed by atoms with Crippen molar-refractivity contribution in [3.63, 3.8) is 0 Å². The molecule has 0 radical (unpaired) electrons.